The third-order valence-electron chi connectivity index (χ3n) is 6.67. The molecule has 1 aromatic carbocycles. The minimum absolute atomic E-state index is 0.00246. The Hall–Kier alpha value is -3.99. The van der Waals surface area contributed by atoms with E-state index in [1.807, 2.05) is 0 Å². The Morgan fingerprint density at radius 3 is 2.23 bits per heavy atom. The van der Waals surface area contributed by atoms with Crippen molar-refractivity contribution >= 4 is 23.6 Å². The molecule has 10 N–H and O–H groups in total. The maximum atomic E-state index is 12.0. The summed E-state index contributed by atoms with van der Waals surface area (Å²) in [6.07, 6.45) is -3.97. The summed E-state index contributed by atoms with van der Waals surface area (Å²) in [5, 5.41) is 80.7. The van der Waals surface area contributed by atoms with Crippen LogP contribution in [0.5, 0.6) is 11.5 Å². The molecule has 0 amide bonds. The van der Waals surface area contributed by atoms with E-state index >= 15 is 0 Å². The summed E-state index contributed by atoms with van der Waals surface area (Å²) < 4.78 is 10.8. The molecule has 4 rings (SSSR count). The zero-order valence-electron chi connectivity index (χ0n) is 20.1. The van der Waals surface area contributed by atoms with Crippen LogP contribution in [0.3, 0.4) is 0 Å². The zero-order chi connectivity index (χ0) is 28.6. The molecular weight excluding hydrogens is 524 g/mol. The molecule has 0 saturated carbocycles. The Kier molecular flexibility index (Phi) is 7.91. The lowest BCUT2D eigenvalue weighted by molar-refractivity contribution is -0.838. The van der Waals surface area contributed by atoms with Gasteiger partial charge in [0.1, 0.15) is 48.0 Å². The van der Waals surface area contributed by atoms with Gasteiger partial charge in [0, 0.05) is 18.1 Å². The molecule has 1 unspecified atom stereocenters. The monoisotopic (exact) mass is 551 g/mol. The summed E-state index contributed by atoms with van der Waals surface area (Å²) in [6, 6.07) is 1.58. The average Bonchev–Trinajstić information content (AvgIpc) is 3.24. The molecule has 0 bridgehead atoms. The van der Waals surface area contributed by atoms with Crippen molar-refractivity contribution < 1.29 is 69.6 Å². The summed E-state index contributed by atoms with van der Waals surface area (Å²) in [7, 11) is 0. The van der Waals surface area contributed by atoms with Gasteiger partial charge in [-0.2, -0.15) is 0 Å². The number of nitrogens with one attached hydrogen (secondary N) is 2. The summed E-state index contributed by atoms with van der Waals surface area (Å²) >= 11 is 0. The second kappa shape index (κ2) is 11.0. The van der Waals surface area contributed by atoms with Gasteiger partial charge in [-0.25, -0.2) is 14.4 Å². The van der Waals surface area contributed by atoms with Gasteiger partial charge in [0.15, 0.2) is 17.5 Å². The molecule has 0 aliphatic carbocycles. The molecule has 15 nitrogen and oxygen atoms in total. The third kappa shape index (κ3) is 5.58. The van der Waals surface area contributed by atoms with E-state index in [2.05, 4.69) is 5.32 Å². The molecule has 3 heterocycles. The first-order valence-electron chi connectivity index (χ1n) is 11.7. The van der Waals surface area contributed by atoms with Crippen molar-refractivity contribution in [3.8, 4) is 11.5 Å². The van der Waals surface area contributed by atoms with Crippen molar-refractivity contribution in [2.75, 3.05) is 13.2 Å². The molecule has 3 aliphatic heterocycles. The number of hydrogen-bond acceptors (Lipinski definition) is 11. The molecule has 0 spiro atoms. The Bertz CT molecular complexity index is 1240. The van der Waals surface area contributed by atoms with Crippen LogP contribution in [-0.4, -0.2) is 109 Å². The number of hydrogen-bond donors (Lipinski definition) is 10. The van der Waals surface area contributed by atoms with Crippen LogP contribution in [0.4, 0.5) is 5.69 Å². The molecule has 39 heavy (non-hydrogen) atoms. The van der Waals surface area contributed by atoms with E-state index in [-0.39, 0.29) is 35.7 Å². The highest BCUT2D eigenvalue weighted by atomic mass is 16.7. The number of carboxylic acid groups (broad SMARTS) is 3. The number of ether oxygens (including phenoxy) is 2. The van der Waals surface area contributed by atoms with Crippen molar-refractivity contribution in [1.29, 1.82) is 0 Å². The summed E-state index contributed by atoms with van der Waals surface area (Å²) in [4.78, 5) is 35.1. The van der Waals surface area contributed by atoms with Crippen LogP contribution in [0.2, 0.25) is 0 Å². The van der Waals surface area contributed by atoms with Crippen LogP contribution in [0.25, 0.3) is 0 Å². The van der Waals surface area contributed by atoms with Crippen LogP contribution in [0, 0.1) is 0 Å². The molecule has 1 saturated heterocycles. The van der Waals surface area contributed by atoms with E-state index in [0.717, 1.165) is 0 Å². The number of carbonyl (C=O) groups is 3. The summed E-state index contributed by atoms with van der Waals surface area (Å²) in [5.41, 5.74) is 0.319. The topological polar surface area (TPSA) is 248 Å². The van der Waals surface area contributed by atoms with Gasteiger partial charge in [0.05, 0.1) is 6.61 Å². The fourth-order valence-electron chi connectivity index (χ4n) is 4.65. The molecule has 0 aromatic heterocycles. The number of fused-ring (bicyclic) bond motifs is 1. The number of quaternary nitrogens is 1. The number of phenolic OH excluding ortho intramolecular Hbond substituents is 1. The quantitative estimate of drug-likeness (QED) is 0.151. The number of carboxylic acids is 3. The number of aromatic hydroxyl groups is 1. The van der Waals surface area contributed by atoms with Crippen molar-refractivity contribution in [2.24, 2.45) is 0 Å². The number of allylic oxidation sites excluding steroid dienone is 3. The van der Waals surface area contributed by atoms with Gasteiger partial charge in [0.2, 0.25) is 6.29 Å². The standard InChI is InChI=1S/C24H26N2O13/c27-8-17-18(29)19(30)20(31)24(39-17)38-16-6-10-5-14(23(36)37)26(13(10)7-15(16)28)2-1-9-3-11(21(32)33)25-12(4-9)22(34)35/h1,3-4,6-7,14,17-20,24-25,27-31H,2,5,8H2,(H,32,33)(H,34,35)(H,36,37)/p+1/t14-,17+,18-,19-,20-,24+/m1/s1. The van der Waals surface area contributed by atoms with Gasteiger partial charge in [-0.1, -0.05) is 0 Å². The van der Waals surface area contributed by atoms with Crippen molar-refractivity contribution in [1.82, 2.24) is 5.32 Å². The molecule has 7 atom stereocenters. The highest BCUT2D eigenvalue weighted by Gasteiger charge is 2.46. The summed E-state index contributed by atoms with van der Waals surface area (Å²) in [5.74, 6) is -4.59. The predicted octanol–water partition coefficient (Wildman–Crippen LogP) is -3.44. The number of phenols is 1. The van der Waals surface area contributed by atoms with Gasteiger partial charge in [-0.3, -0.25) is 4.90 Å². The molecule has 210 valence electrons. The van der Waals surface area contributed by atoms with E-state index in [1.54, 1.807) is 0 Å². The average molecular weight is 551 g/mol. The Morgan fingerprint density at radius 1 is 1.03 bits per heavy atom. The number of aliphatic carboxylic acids is 3. The van der Waals surface area contributed by atoms with Crippen LogP contribution in [0.15, 0.2) is 47.3 Å². The van der Waals surface area contributed by atoms with Crippen LogP contribution >= 0.6 is 0 Å². The number of aliphatic hydroxyl groups is 4. The van der Waals surface area contributed by atoms with E-state index in [1.165, 1.54) is 30.4 Å². The normalized spacial score (nSPS) is 29.9. The fourth-order valence-corrected chi connectivity index (χ4v) is 4.65. The van der Waals surface area contributed by atoms with Gasteiger partial charge in [0.25, 0.3) is 0 Å². The van der Waals surface area contributed by atoms with E-state index in [9.17, 15) is 55.2 Å². The van der Waals surface area contributed by atoms with Crippen LogP contribution in [-0.2, 0) is 25.5 Å². The van der Waals surface area contributed by atoms with Gasteiger partial charge < -0.3 is 55.6 Å². The molecule has 15 heteroatoms. The first kappa shape index (κ1) is 28.0. The van der Waals surface area contributed by atoms with E-state index < -0.39 is 67.0 Å². The minimum atomic E-state index is -1.73. The van der Waals surface area contributed by atoms with E-state index in [0.29, 0.717) is 16.2 Å². The van der Waals surface area contributed by atoms with Crippen molar-refractivity contribution in [3.05, 3.63) is 52.9 Å². The summed E-state index contributed by atoms with van der Waals surface area (Å²) in [6.45, 7) is -0.699. The number of aliphatic hydroxyl groups excluding tert-OH is 4. The number of benzene rings is 1. The zero-order valence-corrected chi connectivity index (χ0v) is 20.1. The highest BCUT2D eigenvalue weighted by Crippen LogP contribution is 2.36. The maximum Gasteiger partial charge on any atom is 0.363 e. The number of rotatable bonds is 8. The van der Waals surface area contributed by atoms with Crippen LogP contribution in [0.1, 0.15) is 5.56 Å². The Morgan fingerprint density at radius 2 is 1.67 bits per heavy atom. The minimum Gasteiger partial charge on any atom is -0.504 e. The molecule has 3 aliphatic rings. The van der Waals surface area contributed by atoms with Crippen LogP contribution < -0.4 is 15.0 Å². The first-order chi connectivity index (χ1) is 18.4. The lowest BCUT2D eigenvalue weighted by atomic mass is 9.99. The number of dihydropyridines is 1. The lowest BCUT2D eigenvalue weighted by Crippen LogP contribution is -3.11. The first-order valence-corrected chi connectivity index (χ1v) is 11.7. The van der Waals surface area contributed by atoms with Crippen molar-refractivity contribution in [2.45, 2.75) is 43.2 Å². The second-order valence-corrected chi connectivity index (χ2v) is 9.17. The largest absolute Gasteiger partial charge is 0.504 e. The smallest absolute Gasteiger partial charge is 0.363 e. The third-order valence-corrected chi connectivity index (χ3v) is 6.67. The van der Waals surface area contributed by atoms with E-state index in [4.69, 9.17) is 9.47 Å². The van der Waals surface area contributed by atoms with Crippen molar-refractivity contribution in [3.63, 3.8) is 0 Å². The molecular formula is C24H27N2O13+. The van der Waals surface area contributed by atoms with Gasteiger partial charge >= 0.3 is 17.9 Å². The Balaban J connectivity index is 1.61. The maximum absolute atomic E-state index is 12.0. The fraction of sp³-hybridized carbons (Fsp3) is 0.375. The SMILES string of the molecule is O=C(O)C1=CC(=CC[NH+]2c3cc(O)c(O[C@H]4O[C@@H](CO)[C@@H](O)[C@@H](O)[C@H]4O)cc3C[C@@H]2C(=O)O)C=C(C(=O)O)N1. The predicted molar refractivity (Wildman–Crippen MR) is 126 cm³/mol. The Labute approximate surface area is 219 Å². The molecule has 1 fully saturated rings. The lowest BCUT2D eigenvalue weighted by Gasteiger charge is -2.39. The second-order valence-electron chi connectivity index (χ2n) is 9.17. The highest BCUT2D eigenvalue weighted by molar-refractivity contribution is 5.94. The van der Waals surface area contributed by atoms with Gasteiger partial charge in [-0.05, 0) is 29.9 Å². The molecule has 1 aromatic rings. The van der Waals surface area contributed by atoms with Gasteiger partial charge in [-0.15, -0.1) is 0 Å². The molecule has 0 radical (unpaired) electrons.